The molecule has 0 saturated heterocycles. The number of rotatable bonds is 4. The summed E-state index contributed by atoms with van der Waals surface area (Å²) in [5, 5.41) is 10.3. The SMILES string of the molecule is Cc1cc(Cl)c(CSc2nnc(-c3ccncc3)n2C)c(Cl)n1. The molecule has 0 radical (unpaired) electrons. The van der Waals surface area contributed by atoms with E-state index in [9.17, 15) is 0 Å². The van der Waals surface area contributed by atoms with E-state index in [4.69, 9.17) is 23.2 Å². The standard InChI is InChI=1S/C15H13Cl2N5S/c1-9-7-12(16)11(13(17)19-9)8-23-15-21-20-14(22(15)2)10-3-5-18-6-4-10/h3-7H,8H2,1-2H3. The summed E-state index contributed by atoms with van der Waals surface area (Å²) in [6.07, 6.45) is 3.46. The molecule has 0 spiro atoms. The minimum Gasteiger partial charge on any atom is -0.305 e. The fourth-order valence-electron chi connectivity index (χ4n) is 2.08. The highest BCUT2D eigenvalue weighted by Crippen LogP contribution is 2.31. The third-order valence-corrected chi connectivity index (χ3v) is 4.96. The van der Waals surface area contributed by atoms with Gasteiger partial charge in [0.2, 0.25) is 0 Å². The van der Waals surface area contributed by atoms with Gasteiger partial charge in [-0.25, -0.2) is 4.98 Å². The van der Waals surface area contributed by atoms with Crippen LogP contribution in [0.4, 0.5) is 0 Å². The first-order valence-electron chi connectivity index (χ1n) is 6.80. The molecule has 3 aromatic rings. The quantitative estimate of drug-likeness (QED) is 0.512. The number of hydrogen-bond donors (Lipinski definition) is 0. The predicted molar refractivity (Wildman–Crippen MR) is 92.8 cm³/mol. The van der Waals surface area contributed by atoms with Crippen molar-refractivity contribution < 1.29 is 0 Å². The van der Waals surface area contributed by atoms with Crippen LogP contribution in [0.1, 0.15) is 11.3 Å². The zero-order valence-corrected chi connectivity index (χ0v) is 14.8. The van der Waals surface area contributed by atoms with Crippen molar-refractivity contribution in [1.82, 2.24) is 24.7 Å². The highest BCUT2D eigenvalue weighted by atomic mass is 35.5. The van der Waals surface area contributed by atoms with Gasteiger partial charge in [0, 0.05) is 47.0 Å². The van der Waals surface area contributed by atoms with E-state index in [1.807, 2.05) is 36.7 Å². The highest BCUT2D eigenvalue weighted by molar-refractivity contribution is 7.98. The lowest BCUT2D eigenvalue weighted by Crippen LogP contribution is -1.96. The van der Waals surface area contributed by atoms with E-state index < -0.39 is 0 Å². The lowest BCUT2D eigenvalue weighted by molar-refractivity contribution is 0.793. The summed E-state index contributed by atoms with van der Waals surface area (Å²) < 4.78 is 1.93. The Labute approximate surface area is 148 Å². The van der Waals surface area contributed by atoms with E-state index in [2.05, 4.69) is 20.2 Å². The topological polar surface area (TPSA) is 56.5 Å². The third-order valence-electron chi connectivity index (χ3n) is 3.27. The number of nitrogens with zero attached hydrogens (tertiary/aromatic N) is 5. The Kier molecular flexibility index (Phi) is 4.84. The molecule has 23 heavy (non-hydrogen) atoms. The molecule has 0 N–H and O–H groups in total. The summed E-state index contributed by atoms with van der Waals surface area (Å²) in [6, 6.07) is 5.61. The monoisotopic (exact) mass is 365 g/mol. The van der Waals surface area contributed by atoms with Gasteiger partial charge in [0.05, 0.1) is 0 Å². The Bertz CT molecular complexity index is 812. The number of halogens is 2. The summed E-state index contributed by atoms with van der Waals surface area (Å²) in [7, 11) is 1.93. The lowest BCUT2D eigenvalue weighted by atomic mass is 10.2. The first-order chi connectivity index (χ1) is 11.1. The molecule has 8 heteroatoms. The van der Waals surface area contributed by atoms with Crippen LogP contribution in [0.2, 0.25) is 10.2 Å². The molecule has 3 rings (SSSR count). The minimum absolute atomic E-state index is 0.430. The normalized spacial score (nSPS) is 11.0. The van der Waals surface area contributed by atoms with E-state index in [1.165, 1.54) is 11.8 Å². The van der Waals surface area contributed by atoms with Crippen molar-refractivity contribution in [3.63, 3.8) is 0 Å². The van der Waals surface area contributed by atoms with Gasteiger partial charge in [-0.3, -0.25) is 4.98 Å². The predicted octanol–water partition coefficient (Wildman–Crippen LogP) is 4.18. The van der Waals surface area contributed by atoms with Crippen LogP contribution in [0.25, 0.3) is 11.4 Å². The van der Waals surface area contributed by atoms with Gasteiger partial charge in [-0.15, -0.1) is 10.2 Å². The Morgan fingerprint density at radius 2 is 1.91 bits per heavy atom. The molecule has 0 aliphatic carbocycles. The Morgan fingerprint density at radius 3 is 2.61 bits per heavy atom. The van der Waals surface area contributed by atoms with Gasteiger partial charge in [0.15, 0.2) is 11.0 Å². The van der Waals surface area contributed by atoms with Gasteiger partial charge < -0.3 is 4.57 Å². The van der Waals surface area contributed by atoms with E-state index in [0.29, 0.717) is 15.9 Å². The molecule has 5 nitrogen and oxygen atoms in total. The van der Waals surface area contributed by atoms with Gasteiger partial charge in [0.25, 0.3) is 0 Å². The number of aryl methyl sites for hydroxylation is 1. The third kappa shape index (κ3) is 3.49. The zero-order valence-electron chi connectivity index (χ0n) is 12.5. The molecule has 0 fully saturated rings. The number of aromatic nitrogens is 5. The van der Waals surface area contributed by atoms with Crippen LogP contribution in [0.3, 0.4) is 0 Å². The second-order valence-corrected chi connectivity index (χ2v) is 6.61. The first-order valence-corrected chi connectivity index (χ1v) is 8.54. The molecule has 0 amide bonds. The Morgan fingerprint density at radius 1 is 1.17 bits per heavy atom. The fourth-order valence-corrected chi connectivity index (χ4v) is 3.85. The molecule has 0 saturated carbocycles. The van der Waals surface area contributed by atoms with E-state index >= 15 is 0 Å². The second-order valence-electron chi connectivity index (χ2n) is 4.90. The van der Waals surface area contributed by atoms with Crippen LogP contribution in [0.5, 0.6) is 0 Å². The maximum atomic E-state index is 6.25. The number of thioether (sulfide) groups is 1. The van der Waals surface area contributed by atoms with Crippen LogP contribution < -0.4 is 0 Å². The molecule has 0 aliphatic heterocycles. The maximum Gasteiger partial charge on any atom is 0.191 e. The van der Waals surface area contributed by atoms with Gasteiger partial charge in [-0.2, -0.15) is 0 Å². The van der Waals surface area contributed by atoms with Gasteiger partial charge in [0.1, 0.15) is 5.15 Å². The average Bonchev–Trinajstić information content (AvgIpc) is 2.88. The zero-order chi connectivity index (χ0) is 16.4. The van der Waals surface area contributed by atoms with Crippen molar-refractivity contribution in [2.45, 2.75) is 17.8 Å². The maximum absolute atomic E-state index is 6.25. The molecular formula is C15H13Cl2N5S. The van der Waals surface area contributed by atoms with Crippen LogP contribution >= 0.6 is 35.0 Å². The van der Waals surface area contributed by atoms with Crippen molar-refractivity contribution in [1.29, 1.82) is 0 Å². The second kappa shape index (κ2) is 6.86. The van der Waals surface area contributed by atoms with Crippen molar-refractivity contribution in [2.75, 3.05) is 0 Å². The van der Waals surface area contributed by atoms with E-state index in [1.54, 1.807) is 12.4 Å². The molecule has 0 bridgehead atoms. The summed E-state index contributed by atoms with van der Waals surface area (Å²) in [5.41, 5.74) is 2.57. The molecule has 0 aliphatic rings. The van der Waals surface area contributed by atoms with Crippen LogP contribution in [-0.4, -0.2) is 24.7 Å². The van der Waals surface area contributed by atoms with Crippen molar-refractivity contribution in [2.24, 2.45) is 7.05 Å². The van der Waals surface area contributed by atoms with Crippen LogP contribution in [-0.2, 0) is 12.8 Å². The van der Waals surface area contributed by atoms with Crippen LogP contribution in [0.15, 0.2) is 35.7 Å². The smallest absolute Gasteiger partial charge is 0.191 e. The van der Waals surface area contributed by atoms with Gasteiger partial charge >= 0.3 is 0 Å². The lowest BCUT2D eigenvalue weighted by Gasteiger charge is -2.07. The molecule has 0 unspecified atom stereocenters. The van der Waals surface area contributed by atoms with E-state index in [0.717, 1.165) is 27.8 Å². The number of pyridine rings is 2. The van der Waals surface area contributed by atoms with Crippen molar-refractivity contribution >= 4 is 35.0 Å². The summed E-state index contributed by atoms with van der Waals surface area (Å²) in [6.45, 7) is 1.86. The molecular weight excluding hydrogens is 353 g/mol. The number of hydrogen-bond acceptors (Lipinski definition) is 5. The summed E-state index contributed by atoms with van der Waals surface area (Å²) >= 11 is 14.0. The molecule has 3 heterocycles. The van der Waals surface area contributed by atoms with Gasteiger partial charge in [-0.1, -0.05) is 35.0 Å². The van der Waals surface area contributed by atoms with Crippen molar-refractivity contribution in [3.8, 4) is 11.4 Å². The summed E-state index contributed by atoms with van der Waals surface area (Å²) in [5.74, 6) is 1.36. The molecule has 3 aromatic heterocycles. The molecule has 0 atom stereocenters. The molecule has 118 valence electrons. The average molecular weight is 366 g/mol. The first kappa shape index (κ1) is 16.2. The highest BCUT2D eigenvalue weighted by Gasteiger charge is 2.14. The molecule has 0 aromatic carbocycles. The Hall–Kier alpha value is -1.63. The minimum atomic E-state index is 0.430. The van der Waals surface area contributed by atoms with Crippen LogP contribution in [0, 0.1) is 6.92 Å². The largest absolute Gasteiger partial charge is 0.305 e. The Balaban J connectivity index is 1.82. The summed E-state index contributed by atoms with van der Waals surface area (Å²) in [4.78, 5) is 8.25. The van der Waals surface area contributed by atoms with Crippen molar-refractivity contribution in [3.05, 3.63) is 52.0 Å². The fraction of sp³-hybridized carbons (Fsp3) is 0.200. The van der Waals surface area contributed by atoms with E-state index in [-0.39, 0.29) is 0 Å². The van der Waals surface area contributed by atoms with Gasteiger partial charge in [-0.05, 0) is 25.1 Å².